The average molecular weight is 276 g/mol. The number of methoxy groups -OCH3 is 2. The van der Waals surface area contributed by atoms with Gasteiger partial charge in [-0.3, -0.25) is 0 Å². The summed E-state index contributed by atoms with van der Waals surface area (Å²) in [6.45, 7) is 12.4. The summed E-state index contributed by atoms with van der Waals surface area (Å²) < 4.78 is 11.0. The lowest BCUT2D eigenvalue weighted by Gasteiger charge is -2.39. The third-order valence-electron chi connectivity index (χ3n) is 4.11. The summed E-state index contributed by atoms with van der Waals surface area (Å²) in [4.78, 5) is 9.62. The summed E-state index contributed by atoms with van der Waals surface area (Å²) in [7, 11) is 3.32. The van der Waals surface area contributed by atoms with Gasteiger partial charge in [0.25, 0.3) is 0 Å². The number of allylic oxidation sites excluding steroid dienone is 1. The van der Waals surface area contributed by atoms with E-state index in [0.717, 1.165) is 24.0 Å². The van der Waals surface area contributed by atoms with Gasteiger partial charge in [-0.25, -0.2) is 9.98 Å². The van der Waals surface area contributed by atoms with Crippen LogP contribution in [0.25, 0.3) is 0 Å². The molecule has 2 rings (SSSR count). The van der Waals surface area contributed by atoms with Crippen LogP contribution < -0.4 is 0 Å². The smallest absolute Gasteiger partial charge is 0.213 e. The van der Waals surface area contributed by atoms with Crippen molar-refractivity contribution in [2.24, 2.45) is 15.9 Å². The van der Waals surface area contributed by atoms with Gasteiger partial charge in [0.1, 0.15) is 11.6 Å². The van der Waals surface area contributed by atoms with Crippen molar-refractivity contribution >= 4 is 11.8 Å². The SMILES string of the molecule is C=C1CC[C@]2(CC1=C)N=C(OC)[C@H](C(C)C)N=C2OC. The van der Waals surface area contributed by atoms with Gasteiger partial charge in [0.15, 0.2) is 0 Å². The van der Waals surface area contributed by atoms with Crippen molar-refractivity contribution in [2.75, 3.05) is 14.2 Å². The van der Waals surface area contributed by atoms with Gasteiger partial charge in [-0.1, -0.05) is 32.6 Å². The zero-order chi connectivity index (χ0) is 14.9. The van der Waals surface area contributed by atoms with Crippen molar-refractivity contribution in [3.63, 3.8) is 0 Å². The molecule has 0 saturated heterocycles. The standard InChI is InChI=1S/C16H24N2O2/c1-10(2)13-14(19-5)18-16(15(17-13)20-6)8-7-11(3)12(4)9-16/h10,13H,3-4,7-9H2,1-2,5-6H3/t13-,16+/m0/s1. The number of aliphatic imine (C=N–C) groups is 2. The molecule has 0 N–H and O–H groups in total. The van der Waals surface area contributed by atoms with E-state index in [1.54, 1.807) is 14.2 Å². The van der Waals surface area contributed by atoms with Gasteiger partial charge in [-0.2, -0.15) is 0 Å². The predicted molar refractivity (Wildman–Crippen MR) is 82.4 cm³/mol. The van der Waals surface area contributed by atoms with Gasteiger partial charge in [0, 0.05) is 6.42 Å². The molecule has 0 aromatic heterocycles. The van der Waals surface area contributed by atoms with Crippen molar-refractivity contribution < 1.29 is 9.47 Å². The summed E-state index contributed by atoms with van der Waals surface area (Å²) in [6, 6.07) is -0.0704. The number of nitrogens with zero attached hydrogens (tertiary/aromatic N) is 2. The minimum absolute atomic E-state index is 0.0704. The molecule has 1 heterocycles. The third kappa shape index (κ3) is 2.39. The second-order valence-corrected chi connectivity index (χ2v) is 5.90. The number of hydrogen-bond acceptors (Lipinski definition) is 4. The van der Waals surface area contributed by atoms with Crippen molar-refractivity contribution in [1.29, 1.82) is 0 Å². The van der Waals surface area contributed by atoms with Crippen molar-refractivity contribution in [1.82, 2.24) is 0 Å². The second-order valence-electron chi connectivity index (χ2n) is 5.90. The Labute approximate surface area is 121 Å². The molecule has 2 aliphatic rings. The van der Waals surface area contributed by atoms with Crippen LogP contribution in [0, 0.1) is 5.92 Å². The molecule has 20 heavy (non-hydrogen) atoms. The van der Waals surface area contributed by atoms with E-state index in [1.807, 2.05) is 0 Å². The largest absolute Gasteiger partial charge is 0.483 e. The van der Waals surface area contributed by atoms with E-state index in [9.17, 15) is 0 Å². The molecule has 1 aliphatic carbocycles. The highest BCUT2D eigenvalue weighted by atomic mass is 16.5. The molecule has 4 heteroatoms. The molecule has 0 aromatic carbocycles. The second kappa shape index (κ2) is 5.43. The van der Waals surface area contributed by atoms with Crippen molar-refractivity contribution in [3.8, 4) is 0 Å². The fourth-order valence-electron chi connectivity index (χ4n) is 2.85. The fourth-order valence-corrected chi connectivity index (χ4v) is 2.85. The maximum atomic E-state index is 5.56. The van der Waals surface area contributed by atoms with Gasteiger partial charge in [-0.05, 0) is 24.3 Å². The van der Waals surface area contributed by atoms with Gasteiger partial charge in [0.2, 0.25) is 11.8 Å². The Morgan fingerprint density at radius 3 is 2.40 bits per heavy atom. The normalized spacial score (nSPS) is 30.4. The van der Waals surface area contributed by atoms with E-state index in [4.69, 9.17) is 19.5 Å². The Morgan fingerprint density at radius 2 is 1.90 bits per heavy atom. The molecule has 0 bridgehead atoms. The lowest BCUT2D eigenvalue weighted by Crippen LogP contribution is -2.48. The van der Waals surface area contributed by atoms with Gasteiger partial charge in [-0.15, -0.1) is 0 Å². The molecule has 0 radical (unpaired) electrons. The van der Waals surface area contributed by atoms with Gasteiger partial charge in [0.05, 0.1) is 14.2 Å². The first kappa shape index (κ1) is 14.8. The summed E-state index contributed by atoms with van der Waals surface area (Å²) in [5.41, 5.74) is 1.68. The molecule has 0 aromatic rings. The molecule has 1 spiro atoms. The van der Waals surface area contributed by atoms with E-state index >= 15 is 0 Å². The molecule has 0 unspecified atom stereocenters. The first-order valence-corrected chi connectivity index (χ1v) is 7.05. The van der Waals surface area contributed by atoms with Crippen LogP contribution in [0.4, 0.5) is 0 Å². The molecule has 110 valence electrons. The van der Waals surface area contributed by atoms with Gasteiger partial charge >= 0.3 is 0 Å². The van der Waals surface area contributed by atoms with Crippen LogP contribution in [0.2, 0.25) is 0 Å². The van der Waals surface area contributed by atoms with E-state index < -0.39 is 5.54 Å². The topological polar surface area (TPSA) is 43.2 Å². The maximum Gasteiger partial charge on any atom is 0.213 e. The lowest BCUT2D eigenvalue weighted by atomic mass is 9.76. The molecule has 0 amide bonds. The Bertz CT molecular complexity index is 491. The quantitative estimate of drug-likeness (QED) is 0.738. The summed E-state index contributed by atoms with van der Waals surface area (Å²) in [5, 5.41) is 0. The fraction of sp³-hybridized carbons (Fsp3) is 0.625. The Morgan fingerprint density at radius 1 is 1.20 bits per heavy atom. The van der Waals surface area contributed by atoms with E-state index in [1.165, 1.54) is 0 Å². The molecular formula is C16H24N2O2. The number of ether oxygens (including phenoxy) is 2. The molecule has 1 fully saturated rings. The Kier molecular flexibility index (Phi) is 4.02. The van der Waals surface area contributed by atoms with E-state index in [-0.39, 0.29) is 6.04 Å². The molecule has 1 saturated carbocycles. The van der Waals surface area contributed by atoms with Crippen LogP contribution in [0.1, 0.15) is 33.1 Å². The van der Waals surface area contributed by atoms with Crippen LogP contribution in [0.3, 0.4) is 0 Å². The predicted octanol–water partition coefficient (Wildman–Crippen LogP) is 3.15. The monoisotopic (exact) mass is 276 g/mol. The molecule has 4 nitrogen and oxygen atoms in total. The van der Waals surface area contributed by atoms with Crippen LogP contribution >= 0.6 is 0 Å². The van der Waals surface area contributed by atoms with Crippen molar-refractivity contribution in [2.45, 2.75) is 44.7 Å². The van der Waals surface area contributed by atoms with Crippen LogP contribution in [-0.4, -0.2) is 37.6 Å². The maximum absolute atomic E-state index is 5.56. The van der Waals surface area contributed by atoms with Crippen molar-refractivity contribution in [3.05, 3.63) is 24.3 Å². The Hall–Kier alpha value is -1.58. The highest BCUT2D eigenvalue weighted by Gasteiger charge is 2.45. The van der Waals surface area contributed by atoms with Crippen LogP contribution in [0.5, 0.6) is 0 Å². The van der Waals surface area contributed by atoms with E-state index in [0.29, 0.717) is 24.1 Å². The molecular weight excluding hydrogens is 252 g/mol. The highest BCUT2D eigenvalue weighted by molar-refractivity contribution is 5.97. The summed E-state index contributed by atoms with van der Waals surface area (Å²) in [6.07, 6.45) is 2.42. The zero-order valence-corrected chi connectivity index (χ0v) is 12.9. The number of rotatable bonds is 1. The Balaban J connectivity index is 2.42. The number of hydrogen-bond donors (Lipinski definition) is 0. The summed E-state index contributed by atoms with van der Waals surface area (Å²) >= 11 is 0. The first-order chi connectivity index (χ1) is 9.43. The summed E-state index contributed by atoms with van der Waals surface area (Å²) in [5.74, 6) is 1.71. The minimum atomic E-state index is -0.455. The third-order valence-corrected chi connectivity index (χ3v) is 4.11. The molecule has 2 atom stereocenters. The lowest BCUT2D eigenvalue weighted by molar-refractivity contribution is 0.291. The highest BCUT2D eigenvalue weighted by Crippen LogP contribution is 2.40. The minimum Gasteiger partial charge on any atom is -0.483 e. The molecule has 1 aliphatic heterocycles. The zero-order valence-electron chi connectivity index (χ0n) is 12.9. The average Bonchev–Trinajstić information content (AvgIpc) is 2.42. The van der Waals surface area contributed by atoms with Crippen LogP contribution in [0.15, 0.2) is 34.3 Å². The van der Waals surface area contributed by atoms with E-state index in [2.05, 4.69) is 27.0 Å². The van der Waals surface area contributed by atoms with Crippen LogP contribution in [-0.2, 0) is 9.47 Å². The first-order valence-electron chi connectivity index (χ1n) is 7.05. The van der Waals surface area contributed by atoms with Gasteiger partial charge < -0.3 is 9.47 Å².